The Hall–Kier alpha value is -2.88. The quantitative estimate of drug-likeness (QED) is 0.643. The van der Waals surface area contributed by atoms with Crippen molar-refractivity contribution in [3.63, 3.8) is 0 Å². The van der Waals surface area contributed by atoms with Gasteiger partial charge in [0.1, 0.15) is 11.6 Å². The van der Waals surface area contributed by atoms with Gasteiger partial charge in [-0.1, -0.05) is 34.1 Å². The molecular weight excluding hydrogens is 406 g/mol. The molecule has 1 aromatic carbocycles. The molecule has 0 radical (unpaired) electrons. The molecule has 0 saturated heterocycles. The Kier molecular flexibility index (Phi) is 4.68. The molecule has 2 heterocycles. The van der Waals surface area contributed by atoms with Gasteiger partial charge in [-0.2, -0.15) is 10.2 Å². The number of nitrogens with zero attached hydrogens (tertiary/aromatic N) is 5. The number of halogens is 1. The van der Waals surface area contributed by atoms with E-state index in [4.69, 9.17) is 0 Å². The van der Waals surface area contributed by atoms with E-state index in [2.05, 4.69) is 26.1 Å². The normalized spacial score (nSPS) is 17.0. The van der Waals surface area contributed by atoms with E-state index in [0.29, 0.717) is 5.56 Å². The largest absolute Gasteiger partial charge is 0.347 e. The van der Waals surface area contributed by atoms with Gasteiger partial charge >= 0.3 is 11.6 Å². The molecule has 1 amide bonds. The topological polar surface area (TPSA) is 107 Å². The van der Waals surface area contributed by atoms with E-state index in [1.54, 1.807) is 18.2 Å². The van der Waals surface area contributed by atoms with Crippen molar-refractivity contribution in [2.24, 2.45) is 12.1 Å². The molecule has 1 aromatic heterocycles. The highest BCUT2D eigenvalue weighted by molar-refractivity contribution is 9.10. The number of amides is 1. The van der Waals surface area contributed by atoms with Gasteiger partial charge in [0, 0.05) is 24.8 Å². The summed E-state index contributed by atoms with van der Waals surface area (Å²) in [5, 5.41) is 8.59. The molecule has 1 atom stereocenters. The minimum atomic E-state index is -1.22. The van der Waals surface area contributed by atoms with Crippen LogP contribution >= 0.6 is 15.9 Å². The first-order chi connectivity index (χ1) is 12.3. The molecule has 0 aliphatic carbocycles. The average Bonchev–Trinajstić information content (AvgIpc) is 2.62. The van der Waals surface area contributed by atoms with Gasteiger partial charge in [-0.15, -0.1) is 0 Å². The second-order valence-electron chi connectivity index (χ2n) is 5.71. The standard InChI is InChI=1S/C16H14BrN5O4/c1-20-15(25)13(23)10(7-18-20)12-14(24)22(16(26)21(2)19-12)8-9-5-3-4-6-11(9)17/h3-7,10H,8H2,1-2H3. The smallest absolute Gasteiger partial charge is 0.287 e. The lowest BCUT2D eigenvalue weighted by Gasteiger charge is -2.20. The Morgan fingerprint density at radius 2 is 1.81 bits per heavy atom. The summed E-state index contributed by atoms with van der Waals surface area (Å²) >= 11 is 3.38. The third-order valence-corrected chi connectivity index (χ3v) is 4.76. The maximum atomic E-state index is 12.8. The predicted molar refractivity (Wildman–Crippen MR) is 96.0 cm³/mol. The van der Waals surface area contributed by atoms with Crippen molar-refractivity contribution < 1.29 is 9.59 Å². The van der Waals surface area contributed by atoms with Crippen LogP contribution in [0.4, 0.5) is 0 Å². The van der Waals surface area contributed by atoms with Gasteiger partial charge in [-0.25, -0.2) is 14.5 Å². The SMILES string of the molecule is CN1N=CC(c2nn(C)c(=O)n(Cc3ccccc3Br)c2=O)C(=O)C1=O. The summed E-state index contributed by atoms with van der Waals surface area (Å²) < 4.78 is 2.68. The number of benzene rings is 1. The molecule has 2 aromatic rings. The van der Waals surface area contributed by atoms with E-state index in [-0.39, 0.29) is 12.2 Å². The first-order valence-electron chi connectivity index (χ1n) is 7.58. The molecule has 0 bridgehead atoms. The molecule has 0 saturated carbocycles. The van der Waals surface area contributed by atoms with E-state index >= 15 is 0 Å². The predicted octanol–water partition coefficient (Wildman–Crippen LogP) is -0.137. The zero-order valence-corrected chi connectivity index (χ0v) is 15.5. The summed E-state index contributed by atoms with van der Waals surface area (Å²) in [6.07, 6.45) is 1.18. The summed E-state index contributed by atoms with van der Waals surface area (Å²) in [6, 6.07) is 7.15. The molecule has 26 heavy (non-hydrogen) atoms. The molecule has 9 nitrogen and oxygen atoms in total. The lowest BCUT2D eigenvalue weighted by molar-refractivity contribution is -0.144. The highest BCUT2D eigenvalue weighted by Crippen LogP contribution is 2.17. The molecule has 0 fully saturated rings. The number of hydrogen-bond acceptors (Lipinski definition) is 6. The van der Waals surface area contributed by atoms with Crippen LogP contribution in [-0.2, 0) is 23.2 Å². The second-order valence-corrected chi connectivity index (χ2v) is 6.56. The maximum absolute atomic E-state index is 12.8. The Bertz CT molecular complexity index is 1060. The molecule has 3 rings (SSSR count). The van der Waals surface area contributed by atoms with E-state index in [9.17, 15) is 19.2 Å². The van der Waals surface area contributed by atoms with Crippen LogP contribution in [0.1, 0.15) is 17.2 Å². The Morgan fingerprint density at radius 1 is 1.12 bits per heavy atom. The summed E-state index contributed by atoms with van der Waals surface area (Å²) in [6.45, 7) is -0.00560. The highest BCUT2D eigenvalue weighted by Gasteiger charge is 2.35. The van der Waals surface area contributed by atoms with E-state index < -0.39 is 28.9 Å². The molecular formula is C16H14BrN5O4. The van der Waals surface area contributed by atoms with Crippen LogP contribution in [0.15, 0.2) is 43.4 Å². The molecule has 0 spiro atoms. The number of carbonyl (C=O) groups excluding carboxylic acids is 2. The molecule has 134 valence electrons. The van der Waals surface area contributed by atoms with Crippen molar-refractivity contribution in [2.45, 2.75) is 12.5 Å². The highest BCUT2D eigenvalue weighted by atomic mass is 79.9. The van der Waals surface area contributed by atoms with Crippen molar-refractivity contribution >= 4 is 33.8 Å². The maximum Gasteiger partial charge on any atom is 0.347 e. The van der Waals surface area contributed by atoms with Crippen molar-refractivity contribution in [3.05, 3.63) is 60.8 Å². The van der Waals surface area contributed by atoms with Gasteiger partial charge in [-0.3, -0.25) is 19.0 Å². The van der Waals surface area contributed by atoms with Crippen LogP contribution in [0, 0.1) is 0 Å². The molecule has 0 N–H and O–H groups in total. The van der Waals surface area contributed by atoms with Crippen molar-refractivity contribution in [2.75, 3.05) is 7.05 Å². The summed E-state index contributed by atoms with van der Waals surface area (Å²) in [5.74, 6) is -2.88. The fraction of sp³-hybridized carbons (Fsp3) is 0.250. The van der Waals surface area contributed by atoms with Crippen molar-refractivity contribution in [1.82, 2.24) is 19.4 Å². The number of likely N-dealkylation sites (N-methyl/N-ethyl adjacent to an activating group) is 1. The third-order valence-electron chi connectivity index (χ3n) is 3.99. The van der Waals surface area contributed by atoms with Crippen molar-refractivity contribution in [1.29, 1.82) is 0 Å². The van der Waals surface area contributed by atoms with Crippen molar-refractivity contribution in [3.8, 4) is 0 Å². The average molecular weight is 420 g/mol. The summed E-state index contributed by atoms with van der Waals surface area (Å²) in [7, 11) is 2.71. The number of hydrogen-bond donors (Lipinski definition) is 0. The second kappa shape index (κ2) is 6.79. The molecule has 1 aliphatic heterocycles. The lowest BCUT2D eigenvalue weighted by atomic mass is 10.00. The van der Waals surface area contributed by atoms with Crippen LogP contribution in [0.2, 0.25) is 0 Å². The van der Waals surface area contributed by atoms with E-state index in [1.165, 1.54) is 20.3 Å². The number of ketones is 1. The van der Waals surface area contributed by atoms with Gasteiger partial charge in [-0.05, 0) is 11.6 Å². The van der Waals surface area contributed by atoms with E-state index in [1.807, 2.05) is 6.07 Å². The first-order valence-corrected chi connectivity index (χ1v) is 8.38. The first kappa shape index (κ1) is 17.9. The number of hydrazone groups is 1. The Balaban J connectivity index is 2.14. The Labute approximate surface area is 155 Å². The summed E-state index contributed by atoms with van der Waals surface area (Å²) in [4.78, 5) is 49.3. The fourth-order valence-corrected chi connectivity index (χ4v) is 2.96. The number of rotatable bonds is 3. The zero-order valence-electron chi connectivity index (χ0n) is 13.9. The number of Topliss-reactive ketones (excluding diaryl/α,β-unsaturated/α-hetero) is 1. The zero-order chi connectivity index (χ0) is 19.0. The number of carbonyl (C=O) groups is 2. The van der Waals surface area contributed by atoms with Crippen LogP contribution in [0.5, 0.6) is 0 Å². The van der Waals surface area contributed by atoms with Gasteiger partial charge in [0.05, 0.1) is 6.54 Å². The molecule has 1 aliphatic rings. The van der Waals surface area contributed by atoms with Gasteiger partial charge < -0.3 is 0 Å². The number of aromatic nitrogens is 3. The minimum absolute atomic E-state index is 0.00560. The minimum Gasteiger partial charge on any atom is -0.287 e. The monoisotopic (exact) mass is 419 g/mol. The fourth-order valence-electron chi connectivity index (χ4n) is 2.55. The lowest BCUT2D eigenvalue weighted by Crippen LogP contribution is -2.47. The van der Waals surface area contributed by atoms with Crippen LogP contribution < -0.4 is 11.2 Å². The number of aryl methyl sites for hydroxylation is 1. The van der Waals surface area contributed by atoms with Gasteiger partial charge in [0.2, 0.25) is 5.78 Å². The summed E-state index contributed by atoms with van der Waals surface area (Å²) in [5.41, 5.74) is -0.859. The van der Waals surface area contributed by atoms with Gasteiger partial charge in [0.25, 0.3) is 5.56 Å². The molecule has 1 unspecified atom stereocenters. The van der Waals surface area contributed by atoms with E-state index in [0.717, 1.165) is 18.7 Å². The van der Waals surface area contributed by atoms with Crippen LogP contribution in [0.25, 0.3) is 0 Å². The third kappa shape index (κ3) is 3.03. The van der Waals surface area contributed by atoms with Crippen LogP contribution in [0.3, 0.4) is 0 Å². The molecule has 10 heteroatoms. The van der Waals surface area contributed by atoms with Crippen LogP contribution in [-0.4, -0.2) is 44.3 Å². The Morgan fingerprint density at radius 3 is 2.50 bits per heavy atom. The van der Waals surface area contributed by atoms with Gasteiger partial charge in [0.15, 0.2) is 0 Å².